The fourth-order valence-corrected chi connectivity index (χ4v) is 4.20. The topological polar surface area (TPSA) is 0 Å². The molecule has 0 heterocycles. The van der Waals surface area contributed by atoms with Gasteiger partial charge in [0.25, 0.3) is 5.67 Å². The minimum absolute atomic E-state index is 0.212. The Labute approximate surface area is 168 Å². The number of hydrogen-bond acceptors (Lipinski definition) is 0. The highest BCUT2D eigenvalue weighted by Crippen LogP contribution is 2.71. The van der Waals surface area contributed by atoms with Gasteiger partial charge in [0, 0.05) is 9.84 Å². The molecular formula is C16H20F11I. The molecule has 1 fully saturated rings. The van der Waals surface area contributed by atoms with Gasteiger partial charge in [-0.2, -0.15) is 43.9 Å². The monoisotopic (exact) mass is 548 g/mol. The zero-order valence-electron chi connectivity index (χ0n) is 14.9. The second kappa shape index (κ2) is 7.90. The highest BCUT2D eigenvalue weighted by Gasteiger charge is 3.01. The number of alkyl halides is 12. The lowest BCUT2D eigenvalue weighted by molar-refractivity contribution is -0.490. The summed E-state index contributed by atoms with van der Waals surface area (Å²) in [5.74, 6) is -37.4. The van der Waals surface area contributed by atoms with Crippen LogP contribution in [0.3, 0.4) is 0 Å². The molecule has 1 aliphatic rings. The first-order valence-corrected chi connectivity index (χ1v) is 9.86. The van der Waals surface area contributed by atoms with Crippen LogP contribution in [-0.4, -0.2) is 39.2 Å². The van der Waals surface area contributed by atoms with Gasteiger partial charge in [-0.1, -0.05) is 68.5 Å². The molecule has 0 nitrogen and oxygen atoms in total. The summed E-state index contributed by atoms with van der Waals surface area (Å²) in [7, 11) is 0. The summed E-state index contributed by atoms with van der Waals surface area (Å²) in [5.41, 5.74) is -5.88. The molecule has 28 heavy (non-hydrogen) atoms. The van der Waals surface area contributed by atoms with Crippen LogP contribution in [0, 0.1) is 5.92 Å². The molecule has 168 valence electrons. The highest BCUT2D eigenvalue weighted by molar-refractivity contribution is 14.1. The Kier molecular flexibility index (Phi) is 7.33. The summed E-state index contributed by atoms with van der Waals surface area (Å²) in [5, 5.41) is 0. The number of halogens is 12. The van der Waals surface area contributed by atoms with E-state index < -0.39 is 45.1 Å². The average molecular weight is 548 g/mol. The van der Waals surface area contributed by atoms with E-state index in [4.69, 9.17) is 0 Å². The molecule has 12 heteroatoms. The zero-order chi connectivity index (χ0) is 22.4. The van der Waals surface area contributed by atoms with E-state index in [1.165, 1.54) is 22.6 Å². The van der Waals surface area contributed by atoms with E-state index in [-0.39, 0.29) is 12.8 Å². The van der Waals surface area contributed by atoms with Crippen LogP contribution >= 0.6 is 22.6 Å². The van der Waals surface area contributed by atoms with E-state index >= 15 is 0 Å². The molecule has 0 spiro atoms. The van der Waals surface area contributed by atoms with Crippen LogP contribution in [0.4, 0.5) is 48.3 Å². The minimum Gasteiger partial charge on any atom is -0.230 e. The molecule has 0 aromatic heterocycles. The van der Waals surface area contributed by atoms with Crippen molar-refractivity contribution < 1.29 is 48.3 Å². The smallest absolute Gasteiger partial charge is 0.230 e. The maximum absolute atomic E-state index is 14.9. The van der Waals surface area contributed by atoms with E-state index in [9.17, 15) is 48.3 Å². The lowest BCUT2D eigenvalue weighted by Crippen LogP contribution is -2.85. The largest absolute Gasteiger partial charge is 0.384 e. The van der Waals surface area contributed by atoms with Crippen molar-refractivity contribution in [1.82, 2.24) is 0 Å². The SMILES string of the molecule is CCCCCCCC(I)C(C)C1(F)C(F)(F)C(F)(F)C(F)(F)C(F)(F)C1(F)F. The van der Waals surface area contributed by atoms with Gasteiger partial charge in [0.15, 0.2) is 0 Å². The molecule has 1 saturated carbocycles. The molecule has 1 aliphatic carbocycles. The fourth-order valence-electron chi connectivity index (χ4n) is 3.26. The predicted octanol–water partition coefficient (Wildman–Crippen LogP) is 7.69. The van der Waals surface area contributed by atoms with E-state index in [0.717, 1.165) is 12.8 Å². The van der Waals surface area contributed by atoms with Crippen LogP contribution in [0.1, 0.15) is 52.4 Å². The summed E-state index contributed by atoms with van der Waals surface area (Å²) in [4.78, 5) is 0. The molecule has 0 saturated heterocycles. The number of unbranched alkanes of at least 4 members (excludes halogenated alkanes) is 4. The van der Waals surface area contributed by atoms with Crippen molar-refractivity contribution in [2.24, 2.45) is 5.92 Å². The zero-order valence-corrected chi connectivity index (χ0v) is 17.1. The summed E-state index contributed by atoms with van der Waals surface area (Å²) in [6.45, 7) is 2.22. The summed E-state index contributed by atoms with van der Waals surface area (Å²) < 4.78 is 150. The minimum atomic E-state index is -7.15. The Morgan fingerprint density at radius 3 is 1.36 bits per heavy atom. The van der Waals surface area contributed by atoms with Gasteiger partial charge in [-0.05, 0) is 6.42 Å². The van der Waals surface area contributed by atoms with Crippen LogP contribution in [0.25, 0.3) is 0 Å². The van der Waals surface area contributed by atoms with Gasteiger partial charge in [0.2, 0.25) is 0 Å². The van der Waals surface area contributed by atoms with Crippen molar-refractivity contribution in [3.63, 3.8) is 0 Å². The quantitative estimate of drug-likeness (QED) is 0.126. The lowest BCUT2D eigenvalue weighted by atomic mass is 9.66. The lowest BCUT2D eigenvalue weighted by Gasteiger charge is -2.55. The first-order valence-electron chi connectivity index (χ1n) is 8.61. The molecule has 2 unspecified atom stereocenters. The maximum atomic E-state index is 14.9. The van der Waals surface area contributed by atoms with Crippen LogP contribution < -0.4 is 0 Å². The highest BCUT2D eigenvalue weighted by atomic mass is 127. The standard InChI is InChI=1S/C16H20F11I/c1-3-4-5-6-7-8-10(28)9(2)11(17)12(18,19)14(22,23)16(26,27)15(24,25)13(11,20)21/h9-10H,3-8H2,1-2H3. The molecule has 1 rings (SSSR count). The summed E-state index contributed by atoms with van der Waals surface area (Å²) in [6.07, 6.45) is 2.83. The van der Waals surface area contributed by atoms with Gasteiger partial charge >= 0.3 is 29.6 Å². The summed E-state index contributed by atoms with van der Waals surface area (Å²) in [6, 6.07) is 0. The van der Waals surface area contributed by atoms with Crippen molar-refractivity contribution >= 4 is 22.6 Å². The average Bonchev–Trinajstić information content (AvgIpc) is 2.58. The molecule has 0 amide bonds. The Morgan fingerprint density at radius 1 is 0.607 bits per heavy atom. The molecule has 0 radical (unpaired) electrons. The number of hydrogen-bond donors (Lipinski definition) is 0. The van der Waals surface area contributed by atoms with Gasteiger partial charge in [0.1, 0.15) is 0 Å². The first kappa shape index (κ1) is 26.0. The molecule has 0 bridgehead atoms. The Bertz CT molecular complexity index is 517. The van der Waals surface area contributed by atoms with E-state index in [1.807, 2.05) is 6.92 Å². The van der Waals surface area contributed by atoms with Crippen LogP contribution in [-0.2, 0) is 0 Å². The molecule has 0 aromatic rings. The number of rotatable bonds is 8. The van der Waals surface area contributed by atoms with Crippen molar-refractivity contribution in [2.75, 3.05) is 0 Å². The van der Waals surface area contributed by atoms with Crippen molar-refractivity contribution in [1.29, 1.82) is 0 Å². The summed E-state index contributed by atoms with van der Waals surface area (Å²) >= 11 is 1.22. The molecule has 0 aromatic carbocycles. The third kappa shape index (κ3) is 3.21. The molecule has 0 N–H and O–H groups in total. The van der Waals surface area contributed by atoms with Gasteiger partial charge in [0.05, 0.1) is 0 Å². The van der Waals surface area contributed by atoms with E-state index in [1.54, 1.807) is 0 Å². The first-order chi connectivity index (χ1) is 12.4. The van der Waals surface area contributed by atoms with Crippen LogP contribution in [0.15, 0.2) is 0 Å². The van der Waals surface area contributed by atoms with E-state index in [2.05, 4.69) is 0 Å². The second-order valence-corrected chi connectivity index (χ2v) is 8.69. The fraction of sp³-hybridized carbons (Fsp3) is 1.00. The van der Waals surface area contributed by atoms with Crippen LogP contribution in [0.5, 0.6) is 0 Å². The third-order valence-corrected chi connectivity index (χ3v) is 6.95. The van der Waals surface area contributed by atoms with Crippen molar-refractivity contribution in [3.05, 3.63) is 0 Å². The van der Waals surface area contributed by atoms with Gasteiger partial charge in [-0.25, -0.2) is 4.39 Å². The third-order valence-electron chi connectivity index (χ3n) is 5.24. The van der Waals surface area contributed by atoms with Crippen LogP contribution in [0.2, 0.25) is 0 Å². The Hall–Kier alpha value is -0.0400. The van der Waals surface area contributed by atoms with E-state index in [0.29, 0.717) is 19.8 Å². The van der Waals surface area contributed by atoms with Crippen molar-refractivity contribution in [2.45, 2.75) is 91.6 Å². The Morgan fingerprint density at radius 2 is 0.964 bits per heavy atom. The molecule has 2 atom stereocenters. The molecular weight excluding hydrogens is 528 g/mol. The van der Waals surface area contributed by atoms with Gasteiger partial charge in [-0.3, -0.25) is 0 Å². The maximum Gasteiger partial charge on any atom is 0.384 e. The Balaban J connectivity index is 3.33. The molecule has 0 aliphatic heterocycles. The van der Waals surface area contributed by atoms with Gasteiger partial charge < -0.3 is 0 Å². The predicted molar refractivity (Wildman–Crippen MR) is 88.9 cm³/mol. The van der Waals surface area contributed by atoms with Crippen molar-refractivity contribution in [3.8, 4) is 0 Å². The second-order valence-electron chi connectivity index (χ2n) is 7.09. The normalized spacial score (nSPS) is 28.5. The van der Waals surface area contributed by atoms with Gasteiger partial charge in [-0.15, -0.1) is 0 Å².